The molecule has 0 unspecified atom stereocenters. The molecule has 3 aromatic carbocycles. The van der Waals surface area contributed by atoms with Gasteiger partial charge in [-0.2, -0.15) is 9.78 Å². The number of hydrogen-bond donors (Lipinski definition) is 0. The summed E-state index contributed by atoms with van der Waals surface area (Å²) in [6.07, 6.45) is 7.03. The van der Waals surface area contributed by atoms with Crippen LogP contribution in [0.15, 0.2) is 77.9 Å². The Kier molecular flexibility index (Phi) is 8.58. The van der Waals surface area contributed by atoms with E-state index in [2.05, 4.69) is 52.9 Å². The lowest BCUT2D eigenvalue weighted by molar-refractivity contribution is -0.384. The van der Waals surface area contributed by atoms with Gasteiger partial charge in [0.25, 0.3) is 11.2 Å². The normalized spacial score (nSPS) is 14.2. The lowest BCUT2D eigenvalue weighted by Crippen LogP contribution is -2.25. The lowest BCUT2D eigenvalue weighted by atomic mass is 9.88. The van der Waals surface area contributed by atoms with Gasteiger partial charge >= 0.3 is 0 Å². The minimum Gasteiger partial charge on any atom is -0.487 e. The summed E-state index contributed by atoms with van der Waals surface area (Å²) in [5, 5.41) is 16.2. The molecule has 1 aromatic heterocycles. The fourth-order valence-corrected chi connectivity index (χ4v) is 6.55. The van der Waals surface area contributed by atoms with Crippen LogP contribution in [-0.4, -0.2) is 20.8 Å². The van der Waals surface area contributed by atoms with E-state index in [1.807, 2.05) is 24.3 Å². The summed E-state index contributed by atoms with van der Waals surface area (Å²) in [6, 6.07) is 15.5. The second-order valence-corrected chi connectivity index (χ2v) is 12.0. The van der Waals surface area contributed by atoms with E-state index in [9.17, 15) is 14.9 Å². The maximum Gasteiger partial charge on any atom is 0.282 e. The maximum absolute atomic E-state index is 13.5. The number of rotatable bonds is 7. The number of ether oxygens (including phenoxy) is 1. The smallest absolute Gasteiger partial charge is 0.282 e. The quantitative estimate of drug-likeness (QED) is 0.109. The van der Waals surface area contributed by atoms with Gasteiger partial charge in [0.15, 0.2) is 0 Å². The van der Waals surface area contributed by atoms with Gasteiger partial charge in [-0.25, -0.2) is 4.98 Å². The molecule has 8 nitrogen and oxygen atoms in total. The fourth-order valence-electron chi connectivity index (χ4n) is 4.73. The first-order valence-corrected chi connectivity index (χ1v) is 14.8. The lowest BCUT2D eigenvalue weighted by Gasteiger charge is -2.22. The summed E-state index contributed by atoms with van der Waals surface area (Å²) < 4.78 is 9.55. The van der Waals surface area contributed by atoms with Crippen LogP contribution in [0.1, 0.15) is 55.0 Å². The highest BCUT2D eigenvalue weighted by molar-refractivity contribution is 9.11. The van der Waals surface area contributed by atoms with Gasteiger partial charge in [0.1, 0.15) is 18.2 Å². The SMILES string of the molecule is O=c1c2cc(Br)ccc2nc(C2CCCCC2)n1N=Cc1cc(Br)c(OCc2cccc([N+](=O)[O-])c2)c(Br)c1. The molecule has 0 bridgehead atoms. The third kappa shape index (κ3) is 6.31. The second kappa shape index (κ2) is 12.1. The molecule has 0 radical (unpaired) electrons. The molecule has 200 valence electrons. The number of non-ortho nitro benzene ring substituents is 1. The largest absolute Gasteiger partial charge is 0.487 e. The molecule has 0 atom stereocenters. The Morgan fingerprint density at radius 1 is 1.05 bits per heavy atom. The van der Waals surface area contributed by atoms with Gasteiger partial charge in [0.2, 0.25) is 0 Å². The average Bonchev–Trinajstić information content (AvgIpc) is 2.93. The summed E-state index contributed by atoms with van der Waals surface area (Å²) in [6.45, 7) is 0.158. The fraction of sp³-hybridized carbons (Fsp3) is 0.250. The van der Waals surface area contributed by atoms with Gasteiger partial charge < -0.3 is 4.74 Å². The van der Waals surface area contributed by atoms with Crippen molar-refractivity contribution in [2.45, 2.75) is 44.6 Å². The zero-order valence-electron chi connectivity index (χ0n) is 20.6. The van der Waals surface area contributed by atoms with Crippen molar-refractivity contribution in [2.75, 3.05) is 0 Å². The van der Waals surface area contributed by atoms with E-state index in [1.165, 1.54) is 23.2 Å². The number of halogens is 3. The molecule has 0 saturated heterocycles. The molecule has 39 heavy (non-hydrogen) atoms. The first kappa shape index (κ1) is 27.7. The third-order valence-electron chi connectivity index (χ3n) is 6.65. The van der Waals surface area contributed by atoms with E-state index in [4.69, 9.17) is 9.72 Å². The van der Waals surface area contributed by atoms with Crippen molar-refractivity contribution < 1.29 is 9.66 Å². The number of nitro benzene ring substituents is 1. The molecule has 0 amide bonds. The van der Waals surface area contributed by atoms with Crippen molar-refractivity contribution in [3.05, 3.63) is 105 Å². The predicted octanol–water partition coefficient (Wildman–Crippen LogP) is 8.10. The summed E-state index contributed by atoms with van der Waals surface area (Å²) in [4.78, 5) is 29.1. The van der Waals surface area contributed by atoms with Crippen LogP contribution in [0.25, 0.3) is 10.9 Å². The number of aromatic nitrogens is 2. The minimum atomic E-state index is -0.432. The van der Waals surface area contributed by atoms with Crippen LogP contribution in [0.2, 0.25) is 0 Å². The van der Waals surface area contributed by atoms with Crippen LogP contribution in [0.5, 0.6) is 5.75 Å². The molecule has 4 aromatic rings. The molecule has 11 heteroatoms. The van der Waals surface area contributed by atoms with Gasteiger partial charge in [-0.15, -0.1) is 0 Å². The Bertz CT molecular complexity index is 1630. The Morgan fingerprint density at radius 3 is 2.51 bits per heavy atom. The van der Waals surface area contributed by atoms with Crippen molar-refractivity contribution in [1.29, 1.82) is 0 Å². The topological polar surface area (TPSA) is 99.6 Å². The Morgan fingerprint density at radius 2 is 1.79 bits per heavy atom. The first-order chi connectivity index (χ1) is 18.8. The zero-order chi connectivity index (χ0) is 27.5. The van der Waals surface area contributed by atoms with Crippen LogP contribution in [0.3, 0.4) is 0 Å². The Balaban J connectivity index is 1.45. The van der Waals surface area contributed by atoms with Gasteiger partial charge in [-0.3, -0.25) is 14.9 Å². The Hall–Kier alpha value is -2.89. The molecule has 1 aliphatic rings. The number of benzene rings is 3. The monoisotopic (exact) mass is 716 g/mol. The highest BCUT2D eigenvalue weighted by Crippen LogP contribution is 2.36. The van der Waals surface area contributed by atoms with E-state index in [0.29, 0.717) is 37.0 Å². The molecular weight excluding hydrogens is 696 g/mol. The molecule has 0 N–H and O–H groups in total. The molecule has 1 fully saturated rings. The molecule has 0 aliphatic heterocycles. The maximum atomic E-state index is 13.5. The first-order valence-electron chi connectivity index (χ1n) is 12.4. The summed E-state index contributed by atoms with van der Waals surface area (Å²) in [7, 11) is 0. The molecule has 1 heterocycles. The van der Waals surface area contributed by atoms with Crippen LogP contribution < -0.4 is 10.3 Å². The van der Waals surface area contributed by atoms with E-state index >= 15 is 0 Å². The standard InChI is InChI=1S/C28H23Br3N4O4/c29-20-9-10-25-22(14-20)28(36)34(27(33-25)19-6-2-1-3-7-19)32-15-18-12-23(30)26(24(31)13-18)39-16-17-5-4-8-21(11-17)35(37)38/h4-5,8-15,19H,1-3,6-7,16H2. The zero-order valence-corrected chi connectivity index (χ0v) is 25.4. The van der Waals surface area contributed by atoms with Crippen LogP contribution >= 0.6 is 47.8 Å². The van der Waals surface area contributed by atoms with Crippen molar-refractivity contribution in [3.8, 4) is 5.75 Å². The molecule has 0 spiro atoms. The highest BCUT2D eigenvalue weighted by Gasteiger charge is 2.22. The van der Waals surface area contributed by atoms with Gasteiger partial charge in [0, 0.05) is 22.5 Å². The predicted molar refractivity (Wildman–Crippen MR) is 162 cm³/mol. The summed E-state index contributed by atoms with van der Waals surface area (Å²) in [5.74, 6) is 1.43. The molecule has 1 saturated carbocycles. The average molecular weight is 719 g/mol. The minimum absolute atomic E-state index is 0.0131. The van der Waals surface area contributed by atoms with E-state index in [-0.39, 0.29) is 23.8 Å². The van der Waals surface area contributed by atoms with Crippen LogP contribution in [0.4, 0.5) is 5.69 Å². The van der Waals surface area contributed by atoms with Crippen molar-refractivity contribution in [2.24, 2.45) is 5.10 Å². The molecule has 1 aliphatic carbocycles. The third-order valence-corrected chi connectivity index (χ3v) is 8.32. The Labute approximate surface area is 249 Å². The van der Waals surface area contributed by atoms with E-state index in [1.54, 1.807) is 24.4 Å². The van der Waals surface area contributed by atoms with E-state index < -0.39 is 4.92 Å². The van der Waals surface area contributed by atoms with Crippen molar-refractivity contribution in [3.63, 3.8) is 0 Å². The van der Waals surface area contributed by atoms with Crippen LogP contribution in [-0.2, 0) is 6.61 Å². The van der Waals surface area contributed by atoms with Gasteiger partial charge in [-0.05, 0) is 86.2 Å². The van der Waals surface area contributed by atoms with Crippen molar-refractivity contribution >= 4 is 70.6 Å². The summed E-state index contributed by atoms with van der Waals surface area (Å²) >= 11 is 10.6. The second-order valence-electron chi connectivity index (χ2n) is 9.36. The van der Waals surface area contributed by atoms with Gasteiger partial charge in [-0.1, -0.05) is 47.3 Å². The summed E-state index contributed by atoms with van der Waals surface area (Å²) in [5.41, 5.74) is 1.91. The highest BCUT2D eigenvalue weighted by atomic mass is 79.9. The molecule has 5 rings (SSSR count). The molecular formula is C28H23Br3N4O4. The number of hydrogen-bond acceptors (Lipinski definition) is 6. The van der Waals surface area contributed by atoms with Gasteiger partial charge in [0.05, 0.1) is 31.0 Å². The number of nitrogens with zero attached hydrogens (tertiary/aromatic N) is 4. The van der Waals surface area contributed by atoms with Crippen molar-refractivity contribution in [1.82, 2.24) is 9.66 Å². The van der Waals surface area contributed by atoms with E-state index in [0.717, 1.165) is 35.7 Å². The number of nitro groups is 1. The number of fused-ring (bicyclic) bond motifs is 1. The van der Waals surface area contributed by atoms with Crippen LogP contribution in [0, 0.1) is 10.1 Å².